The van der Waals surface area contributed by atoms with Gasteiger partial charge in [0.15, 0.2) is 5.69 Å². The molecule has 0 aliphatic carbocycles. The van der Waals surface area contributed by atoms with E-state index < -0.39 is 0 Å². The van der Waals surface area contributed by atoms with Crippen molar-refractivity contribution < 1.29 is 4.79 Å². The Morgan fingerprint density at radius 3 is 2.80 bits per heavy atom. The molecule has 0 unspecified atom stereocenters. The first-order valence-corrected chi connectivity index (χ1v) is 7.25. The summed E-state index contributed by atoms with van der Waals surface area (Å²) in [5, 5.41) is 2.84. The van der Waals surface area contributed by atoms with E-state index >= 15 is 0 Å². The first-order chi connectivity index (χ1) is 9.47. The predicted molar refractivity (Wildman–Crippen MR) is 80.8 cm³/mol. The van der Waals surface area contributed by atoms with Gasteiger partial charge in [-0.1, -0.05) is 13.8 Å². The number of hydrogen-bond donors (Lipinski definition) is 2. The van der Waals surface area contributed by atoms with Crippen LogP contribution in [0.25, 0.3) is 0 Å². The molecule has 0 saturated heterocycles. The van der Waals surface area contributed by atoms with Crippen LogP contribution in [0, 0.1) is 6.92 Å². The molecular weight excluding hydrogens is 272 g/mol. The number of anilines is 1. The van der Waals surface area contributed by atoms with E-state index in [4.69, 9.17) is 5.73 Å². The lowest BCUT2D eigenvalue weighted by atomic mass is 10.2. The minimum Gasteiger partial charge on any atom is -0.396 e. The second-order valence-corrected chi connectivity index (χ2v) is 6.25. The molecule has 2 heterocycles. The lowest BCUT2D eigenvalue weighted by Gasteiger charge is -2.09. The van der Waals surface area contributed by atoms with Gasteiger partial charge in [0, 0.05) is 15.7 Å². The fourth-order valence-corrected chi connectivity index (χ4v) is 2.53. The summed E-state index contributed by atoms with van der Waals surface area (Å²) >= 11 is 1.66. The number of thiophene rings is 1. The highest BCUT2D eigenvalue weighted by molar-refractivity contribution is 7.11. The molecule has 3 N–H and O–H groups in total. The zero-order valence-corrected chi connectivity index (χ0v) is 12.6. The zero-order chi connectivity index (χ0) is 14.7. The maximum absolute atomic E-state index is 12.1. The van der Waals surface area contributed by atoms with Crippen molar-refractivity contribution in [3.05, 3.63) is 39.6 Å². The molecule has 0 saturated carbocycles. The van der Waals surface area contributed by atoms with E-state index in [1.807, 2.05) is 32.9 Å². The van der Waals surface area contributed by atoms with E-state index in [0.29, 0.717) is 18.1 Å². The molecule has 2 rings (SSSR count). The number of hydrogen-bond acceptors (Lipinski definition) is 5. The van der Waals surface area contributed by atoms with Crippen LogP contribution < -0.4 is 11.1 Å². The molecule has 0 radical (unpaired) electrons. The van der Waals surface area contributed by atoms with Crippen molar-refractivity contribution in [3.8, 4) is 0 Å². The molecule has 20 heavy (non-hydrogen) atoms. The Morgan fingerprint density at radius 1 is 1.45 bits per heavy atom. The van der Waals surface area contributed by atoms with Gasteiger partial charge in [0.25, 0.3) is 5.91 Å². The number of nitrogens with one attached hydrogen (secondary N) is 1. The van der Waals surface area contributed by atoms with Gasteiger partial charge in [-0.3, -0.25) is 4.79 Å². The fraction of sp³-hybridized carbons (Fsp3) is 0.357. The summed E-state index contributed by atoms with van der Waals surface area (Å²) in [6, 6.07) is 4.03. The van der Waals surface area contributed by atoms with Crippen LogP contribution in [0.2, 0.25) is 0 Å². The van der Waals surface area contributed by atoms with Gasteiger partial charge in [-0.25, -0.2) is 9.97 Å². The Bertz CT molecular complexity index is 621. The van der Waals surface area contributed by atoms with Gasteiger partial charge < -0.3 is 11.1 Å². The van der Waals surface area contributed by atoms with Crippen molar-refractivity contribution >= 4 is 22.9 Å². The Kier molecular flexibility index (Phi) is 4.34. The minimum atomic E-state index is -0.266. The molecule has 0 spiro atoms. The van der Waals surface area contributed by atoms with Crippen molar-refractivity contribution in [2.75, 3.05) is 5.73 Å². The van der Waals surface area contributed by atoms with Crippen LogP contribution in [-0.4, -0.2) is 15.9 Å². The summed E-state index contributed by atoms with van der Waals surface area (Å²) in [6.45, 7) is 6.47. The highest BCUT2D eigenvalue weighted by Gasteiger charge is 2.14. The standard InChI is InChI=1S/C14H18N4OS/c1-8(2)13-16-7-11(15)12(18-13)14(19)17-6-10-5-4-9(3)20-10/h4-5,7-8H,6,15H2,1-3H3,(H,17,19). The quantitative estimate of drug-likeness (QED) is 0.906. The summed E-state index contributed by atoms with van der Waals surface area (Å²) in [4.78, 5) is 22.8. The summed E-state index contributed by atoms with van der Waals surface area (Å²) < 4.78 is 0. The van der Waals surface area contributed by atoms with E-state index in [2.05, 4.69) is 15.3 Å². The van der Waals surface area contributed by atoms with Crippen molar-refractivity contribution in [3.63, 3.8) is 0 Å². The topological polar surface area (TPSA) is 80.9 Å². The molecule has 0 aliphatic rings. The van der Waals surface area contributed by atoms with Gasteiger partial charge in [0.1, 0.15) is 5.82 Å². The Morgan fingerprint density at radius 2 is 2.20 bits per heavy atom. The number of aromatic nitrogens is 2. The monoisotopic (exact) mass is 290 g/mol. The molecule has 2 aromatic rings. The SMILES string of the molecule is Cc1ccc(CNC(=O)c2nc(C(C)C)ncc2N)s1. The normalized spacial score (nSPS) is 10.8. The third kappa shape index (κ3) is 3.33. The van der Waals surface area contributed by atoms with Crippen molar-refractivity contribution in [2.45, 2.75) is 33.2 Å². The Hall–Kier alpha value is -1.95. The van der Waals surface area contributed by atoms with Gasteiger partial charge in [0.05, 0.1) is 18.4 Å². The number of carbonyl (C=O) groups is 1. The predicted octanol–water partition coefficient (Wildman–Crippen LogP) is 2.48. The third-order valence-electron chi connectivity index (χ3n) is 2.79. The van der Waals surface area contributed by atoms with Gasteiger partial charge in [0.2, 0.25) is 0 Å². The minimum absolute atomic E-state index is 0.155. The summed E-state index contributed by atoms with van der Waals surface area (Å²) in [6.07, 6.45) is 1.49. The molecule has 1 amide bonds. The van der Waals surface area contributed by atoms with E-state index in [0.717, 1.165) is 4.88 Å². The van der Waals surface area contributed by atoms with Crippen molar-refractivity contribution in [1.82, 2.24) is 15.3 Å². The number of nitrogen functional groups attached to an aromatic ring is 1. The highest BCUT2D eigenvalue weighted by Crippen LogP contribution is 2.16. The van der Waals surface area contributed by atoms with Crippen LogP contribution in [0.1, 0.15) is 45.8 Å². The summed E-state index contributed by atoms with van der Waals surface area (Å²) in [5.74, 6) is 0.510. The molecular formula is C14H18N4OS. The van der Waals surface area contributed by atoms with Gasteiger partial charge in [-0.15, -0.1) is 11.3 Å². The van der Waals surface area contributed by atoms with E-state index in [1.54, 1.807) is 11.3 Å². The van der Waals surface area contributed by atoms with Crippen LogP contribution in [0.5, 0.6) is 0 Å². The number of amides is 1. The molecule has 6 heteroatoms. The molecule has 0 aromatic carbocycles. The van der Waals surface area contributed by atoms with Crippen LogP contribution in [0.4, 0.5) is 5.69 Å². The summed E-state index contributed by atoms with van der Waals surface area (Å²) in [7, 11) is 0. The Balaban J connectivity index is 2.10. The molecule has 0 fully saturated rings. The van der Waals surface area contributed by atoms with E-state index in [1.165, 1.54) is 11.1 Å². The lowest BCUT2D eigenvalue weighted by molar-refractivity contribution is 0.0947. The van der Waals surface area contributed by atoms with Crippen LogP contribution in [0.3, 0.4) is 0 Å². The van der Waals surface area contributed by atoms with Crippen LogP contribution in [0.15, 0.2) is 18.3 Å². The Labute approximate surface area is 122 Å². The smallest absolute Gasteiger partial charge is 0.272 e. The maximum atomic E-state index is 12.1. The second-order valence-electron chi connectivity index (χ2n) is 4.88. The number of rotatable bonds is 4. The van der Waals surface area contributed by atoms with Gasteiger partial charge >= 0.3 is 0 Å². The maximum Gasteiger partial charge on any atom is 0.272 e. The molecule has 0 aliphatic heterocycles. The second kappa shape index (κ2) is 6.00. The highest BCUT2D eigenvalue weighted by atomic mass is 32.1. The number of carbonyl (C=O) groups excluding carboxylic acids is 1. The average Bonchev–Trinajstić information content (AvgIpc) is 2.82. The number of aryl methyl sites for hydroxylation is 1. The molecule has 5 nitrogen and oxygen atoms in total. The van der Waals surface area contributed by atoms with Crippen molar-refractivity contribution in [2.24, 2.45) is 0 Å². The fourth-order valence-electron chi connectivity index (χ4n) is 1.70. The number of nitrogens with two attached hydrogens (primary N) is 1. The zero-order valence-electron chi connectivity index (χ0n) is 11.8. The lowest BCUT2D eigenvalue weighted by Crippen LogP contribution is -2.25. The number of nitrogens with zero attached hydrogens (tertiary/aromatic N) is 2. The van der Waals surface area contributed by atoms with Gasteiger partial charge in [-0.05, 0) is 19.1 Å². The van der Waals surface area contributed by atoms with E-state index in [9.17, 15) is 4.79 Å². The molecule has 0 atom stereocenters. The van der Waals surface area contributed by atoms with Crippen LogP contribution in [-0.2, 0) is 6.54 Å². The van der Waals surface area contributed by atoms with Crippen molar-refractivity contribution in [1.29, 1.82) is 0 Å². The first kappa shape index (κ1) is 14.5. The van der Waals surface area contributed by atoms with Gasteiger partial charge in [-0.2, -0.15) is 0 Å². The first-order valence-electron chi connectivity index (χ1n) is 6.43. The molecule has 2 aromatic heterocycles. The summed E-state index contributed by atoms with van der Waals surface area (Å²) in [5.41, 5.74) is 6.33. The molecule has 0 bridgehead atoms. The van der Waals surface area contributed by atoms with Crippen LogP contribution >= 0.6 is 11.3 Å². The largest absolute Gasteiger partial charge is 0.396 e. The molecule has 106 valence electrons. The van der Waals surface area contributed by atoms with E-state index in [-0.39, 0.29) is 17.5 Å². The average molecular weight is 290 g/mol. The third-order valence-corrected chi connectivity index (χ3v) is 3.79.